The molecule has 1 heterocycles. The molecule has 0 aromatic carbocycles. The van der Waals surface area contributed by atoms with Gasteiger partial charge in [0.05, 0.1) is 13.2 Å². The van der Waals surface area contributed by atoms with Gasteiger partial charge in [-0.05, 0) is 12.1 Å². The number of hydrogen-bond acceptors (Lipinski definition) is 2. The van der Waals surface area contributed by atoms with E-state index in [0.29, 0.717) is 6.61 Å². The number of aliphatic hydroxyl groups excluding tert-OH is 1. The normalized spacial score (nSPS) is 10.4. The lowest BCUT2D eigenvalue weighted by Gasteiger charge is -2.05. The maximum atomic E-state index is 8.85. The van der Waals surface area contributed by atoms with Gasteiger partial charge in [-0.25, -0.2) is 0 Å². The molecule has 0 spiro atoms. The fraction of sp³-hybridized carbons (Fsp3) is 0.500. The third-order valence-electron chi connectivity index (χ3n) is 1.62. The molecule has 3 heteroatoms. The highest BCUT2D eigenvalue weighted by atomic mass is 16.5. The minimum Gasteiger partial charge on any atom is -0.390 e. The zero-order valence-electron chi connectivity index (χ0n) is 6.66. The molecule has 0 saturated carbocycles. The summed E-state index contributed by atoms with van der Waals surface area (Å²) in [6.45, 7) is 1.58. The molecule has 0 amide bonds. The number of hydrogen-bond donors (Lipinski definition) is 1. The number of ether oxygens (including phenoxy) is 1. The summed E-state index contributed by atoms with van der Waals surface area (Å²) < 4.78 is 6.89. The van der Waals surface area contributed by atoms with Crippen LogP contribution in [-0.2, 0) is 17.9 Å². The molecule has 11 heavy (non-hydrogen) atoms. The predicted octanol–water partition coefficient (Wildman–Crippen LogP) is 0.627. The molecule has 0 fully saturated rings. The smallest absolute Gasteiger partial charge is 0.0832 e. The first-order chi connectivity index (χ1) is 5.38. The lowest BCUT2D eigenvalue weighted by molar-refractivity contribution is 0.183. The van der Waals surface area contributed by atoms with E-state index in [9.17, 15) is 0 Å². The number of aliphatic hydroxyl groups is 1. The lowest BCUT2D eigenvalue weighted by atomic mass is 10.4. The maximum Gasteiger partial charge on any atom is 0.0832 e. The molecule has 1 N–H and O–H groups in total. The Morgan fingerprint density at radius 2 is 2.45 bits per heavy atom. The van der Waals surface area contributed by atoms with Crippen LogP contribution in [0.5, 0.6) is 0 Å². The molecule has 1 aromatic heterocycles. The highest BCUT2D eigenvalue weighted by Crippen LogP contribution is 2.01. The van der Waals surface area contributed by atoms with Gasteiger partial charge in [0, 0.05) is 25.5 Å². The first-order valence-electron chi connectivity index (χ1n) is 3.62. The van der Waals surface area contributed by atoms with Crippen LogP contribution in [-0.4, -0.2) is 23.4 Å². The second-order valence-corrected chi connectivity index (χ2v) is 2.34. The topological polar surface area (TPSA) is 34.4 Å². The third-order valence-corrected chi connectivity index (χ3v) is 1.62. The minimum atomic E-state index is 0.0940. The van der Waals surface area contributed by atoms with Crippen LogP contribution in [0.1, 0.15) is 5.69 Å². The van der Waals surface area contributed by atoms with E-state index < -0.39 is 0 Å². The summed E-state index contributed by atoms with van der Waals surface area (Å²) in [6.07, 6.45) is 1.94. The van der Waals surface area contributed by atoms with Crippen molar-refractivity contribution in [1.29, 1.82) is 0 Å². The van der Waals surface area contributed by atoms with E-state index in [1.165, 1.54) is 0 Å². The zero-order chi connectivity index (χ0) is 8.10. The molecule has 0 radical (unpaired) electrons. The summed E-state index contributed by atoms with van der Waals surface area (Å²) >= 11 is 0. The van der Waals surface area contributed by atoms with Crippen LogP contribution in [0.2, 0.25) is 0 Å². The molecule has 0 aliphatic rings. The molecular weight excluding hydrogens is 142 g/mol. The Kier molecular flexibility index (Phi) is 3.14. The number of rotatable bonds is 4. The molecule has 0 aliphatic carbocycles. The predicted molar refractivity (Wildman–Crippen MR) is 42.2 cm³/mol. The molecular formula is C8H13NO2. The largest absolute Gasteiger partial charge is 0.390 e. The summed E-state index contributed by atoms with van der Waals surface area (Å²) in [4.78, 5) is 0. The van der Waals surface area contributed by atoms with Crippen molar-refractivity contribution in [3.05, 3.63) is 24.0 Å². The molecule has 1 rings (SSSR count). The van der Waals surface area contributed by atoms with Gasteiger partial charge < -0.3 is 14.4 Å². The Morgan fingerprint density at radius 3 is 3.09 bits per heavy atom. The van der Waals surface area contributed by atoms with Crippen LogP contribution in [0.25, 0.3) is 0 Å². The molecule has 62 valence electrons. The van der Waals surface area contributed by atoms with Gasteiger partial charge in [0.2, 0.25) is 0 Å². The Balaban J connectivity index is 2.54. The molecule has 1 aromatic rings. The quantitative estimate of drug-likeness (QED) is 0.692. The SMILES string of the molecule is COCCn1cccc1CO. The molecule has 0 saturated heterocycles. The van der Waals surface area contributed by atoms with Crippen LogP contribution < -0.4 is 0 Å². The molecule has 0 unspecified atom stereocenters. The standard InChI is InChI=1S/C8H13NO2/c1-11-6-5-9-4-2-3-8(9)7-10/h2-4,10H,5-7H2,1H3. The number of methoxy groups -OCH3 is 1. The molecule has 0 bridgehead atoms. The molecule has 0 aliphatic heterocycles. The summed E-state index contributed by atoms with van der Waals surface area (Å²) in [5.74, 6) is 0. The highest BCUT2D eigenvalue weighted by Gasteiger charge is 1.96. The second-order valence-electron chi connectivity index (χ2n) is 2.34. The Bertz CT molecular complexity index is 208. The van der Waals surface area contributed by atoms with E-state index in [4.69, 9.17) is 9.84 Å². The zero-order valence-corrected chi connectivity index (χ0v) is 6.66. The van der Waals surface area contributed by atoms with Gasteiger partial charge in [-0.15, -0.1) is 0 Å². The molecule has 3 nitrogen and oxygen atoms in total. The van der Waals surface area contributed by atoms with Crippen LogP contribution in [0, 0.1) is 0 Å². The van der Waals surface area contributed by atoms with Gasteiger partial charge in [-0.3, -0.25) is 0 Å². The van der Waals surface area contributed by atoms with Crippen molar-refractivity contribution in [2.24, 2.45) is 0 Å². The van der Waals surface area contributed by atoms with Gasteiger partial charge in [0.15, 0.2) is 0 Å². The lowest BCUT2D eigenvalue weighted by Crippen LogP contribution is -2.06. The average molecular weight is 155 g/mol. The Labute approximate surface area is 66.2 Å². The fourth-order valence-corrected chi connectivity index (χ4v) is 1.00. The van der Waals surface area contributed by atoms with Gasteiger partial charge in [-0.2, -0.15) is 0 Å². The van der Waals surface area contributed by atoms with Gasteiger partial charge in [-0.1, -0.05) is 0 Å². The van der Waals surface area contributed by atoms with E-state index in [1.54, 1.807) is 7.11 Å². The summed E-state index contributed by atoms with van der Waals surface area (Å²) in [6, 6.07) is 3.82. The minimum absolute atomic E-state index is 0.0940. The number of aromatic nitrogens is 1. The van der Waals surface area contributed by atoms with Crippen molar-refractivity contribution in [3.63, 3.8) is 0 Å². The highest BCUT2D eigenvalue weighted by molar-refractivity contribution is 5.05. The van der Waals surface area contributed by atoms with Crippen LogP contribution >= 0.6 is 0 Å². The second kappa shape index (κ2) is 4.16. The summed E-state index contributed by atoms with van der Waals surface area (Å²) in [7, 11) is 1.67. The fourth-order valence-electron chi connectivity index (χ4n) is 1.00. The number of nitrogens with zero attached hydrogens (tertiary/aromatic N) is 1. The summed E-state index contributed by atoms with van der Waals surface area (Å²) in [5, 5.41) is 8.85. The van der Waals surface area contributed by atoms with Crippen molar-refractivity contribution >= 4 is 0 Å². The van der Waals surface area contributed by atoms with Crippen LogP contribution in [0.3, 0.4) is 0 Å². The molecule has 0 atom stereocenters. The van der Waals surface area contributed by atoms with Gasteiger partial charge >= 0.3 is 0 Å². The van der Waals surface area contributed by atoms with E-state index in [0.717, 1.165) is 12.2 Å². The van der Waals surface area contributed by atoms with E-state index in [-0.39, 0.29) is 6.61 Å². The monoisotopic (exact) mass is 155 g/mol. The van der Waals surface area contributed by atoms with Crippen molar-refractivity contribution < 1.29 is 9.84 Å². The Hall–Kier alpha value is -0.800. The first kappa shape index (κ1) is 8.30. The van der Waals surface area contributed by atoms with E-state index in [2.05, 4.69) is 0 Å². The average Bonchev–Trinajstić information content (AvgIpc) is 2.47. The van der Waals surface area contributed by atoms with Gasteiger partial charge in [0.1, 0.15) is 0 Å². The van der Waals surface area contributed by atoms with E-state index >= 15 is 0 Å². The summed E-state index contributed by atoms with van der Waals surface area (Å²) in [5.41, 5.74) is 0.932. The van der Waals surface area contributed by atoms with Crippen LogP contribution in [0.15, 0.2) is 18.3 Å². The van der Waals surface area contributed by atoms with Crippen LogP contribution in [0.4, 0.5) is 0 Å². The maximum absolute atomic E-state index is 8.85. The van der Waals surface area contributed by atoms with Crippen molar-refractivity contribution in [3.8, 4) is 0 Å². The third kappa shape index (κ3) is 2.06. The van der Waals surface area contributed by atoms with E-state index in [1.807, 2.05) is 22.9 Å². The van der Waals surface area contributed by atoms with Crippen molar-refractivity contribution in [2.75, 3.05) is 13.7 Å². The van der Waals surface area contributed by atoms with Crippen molar-refractivity contribution in [2.45, 2.75) is 13.2 Å². The van der Waals surface area contributed by atoms with Gasteiger partial charge in [0.25, 0.3) is 0 Å². The first-order valence-corrected chi connectivity index (χ1v) is 3.62. The Morgan fingerprint density at radius 1 is 1.64 bits per heavy atom. The van der Waals surface area contributed by atoms with Crippen molar-refractivity contribution in [1.82, 2.24) is 4.57 Å².